The second kappa shape index (κ2) is 5.34. The molecule has 0 fully saturated rings. The zero-order chi connectivity index (χ0) is 11.4. The van der Waals surface area contributed by atoms with E-state index in [0.29, 0.717) is 5.41 Å². The maximum atomic E-state index is 2.50. The smallest absolute Gasteiger partial charge is 0.0445 e. The van der Waals surface area contributed by atoms with E-state index < -0.39 is 8.07 Å². The lowest BCUT2D eigenvalue weighted by atomic mass is 9.75. The molecule has 0 aromatic rings. The highest BCUT2D eigenvalue weighted by atomic mass is 28.3. The molecule has 0 nitrogen and oxygen atoms in total. The molecule has 1 unspecified atom stereocenters. The van der Waals surface area contributed by atoms with Crippen LogP contribution in [0.2, 0.25) is 25.7 Å². The molecular formula is C13H30Si. The molecule has 0 aliphatic heterocycles. The Morgan fingerprint density at radius 1 is 1.07 bits per heavy atom. The summed E-state index contributed by atoms with van der Waals surface area (Å²) in [6.45, 7) is 17.1. The minimum atomic E-state index is -0.884. The second-order valence-corrected chi connectivity index (χ2v) is 12.1. The Bertz CT molecular complexity index is 153. The van der Waals surface area contributed by atoms with E-state index in [4.69, 9.17) is 0 Å². The van der Waals surface area contributed by atoms with Crippen LogP contribution in [-0.2, 0) is 0 Å². The van der Waals surface area contributed by atoms with Gasteiger partial charge in [-0.25, -0.2) is 0 Å². The zero-order valence-corrected chi connectivity index (χ0v) is 12.4. The van der Waals surface area contributed by atoms with Crippen molar-refractivity contribution in [2.24, 2.45) is 11.3 Å². The van der Waals surface area contributed by atoms with Crippen molar-refractivity contribution in [3.8, 4) is 0 Å². The fourth-order valence-electron chi connectivity index (χ4n) is 2.15. The van der Waals surface area contributed by atoms with Crippen LogP contribution < -0.4 is 0 Å². The Balaban J connectivity index is 4.44. The van der Waals surface area contributed by atoms with E-state index in [2.05, 4.69) is 47.3 Å². The van der Waals surface area contributed by atoms with Crippen molar-refractivity contribution in [1.82, 2.24) is 0 Å². The zero-order valence-electron chi connectivity index (χ0n) is 11.4. The van der Waals surface area contributed by atoms with Crippen LogP contribution in [0.3, 0.4) is 0 Å². The molecule has 0 aromatic carbocycles. The molecule has 0 radical (unpaired) electrons. The number of hydrogen-bond acceptors (Lipinski definition) is 0. The van der Waals surface area contributed by atoms with Gasteiger partial charge in [-0.15, -0.1) is 0 Å². The first kappa shape index (κ1) is 14.2. The van der Waals surface area contributed by atoms with E-state index in [9.17, 15) is 0 Å². The predicted octanol–water partition coefficient (Wildman–Crippen LogP) is 5.18. The molecule has 14 heavy (non-hydrogen) atoms. The molecule has 1 heteroatoms. The van der Waals surface area contributed by atoms with Gasteiger partial charge in [0, 0.05) is 8.07 Å². The summed E-state index contributed by atoms with van der Waals surface area (Å²) >= 11 is 0. The lowest BCUT2D eigenvalue weighted by Gasteiger charge is -2.37. The Labute approximate surface area is 92.5 Å². The first-order valence-electron chi connectivity index (χ1n) is 6.23. The Morgan fingerprint density at radius 3 is 1.86 bits per heavy atom. The topological polar surface area (TPSA) is 0 Å². The summed E-state index contributed by atoms with van der Waals surface area (Å²) in [6, 6.07) is 1.50. The standard InChI is InChI=1S/C13H30Si/c1-8-10-12(11-14(5,6)7)13(3,4)9-2/h12H,8-11H2,1-7H3. The molecule has 0 aliphatic carbocycles. The summed E-state index contributed by atoms with van der Waals surface area (Å²) in [6.07, 6.45) is 4.09. The Morgan fingerprint density at radius 2 is 1.57 bits per heavy atom. The third kappa shape index (κ3) is 5.19. The minimum absolute atomic E-state index is 0.552. The van der Waals surface area contributed by atoms with E-state index in [1.807, 2.05) is 0 Å². The van der Waals surface area contributed by atoms with Gasteiger partial charge in [-0.3, -0.25) is 0 Å². The summed E-state index contributed by atoms with van der Waals surface area (Å²) in [4.78, 5) is 0. The molecule has 0 bridgehead atoms. The molecule has 0 aliphatic rings. The highest BCUT2D eigenvalue weighted by Crippen LogP contribution is 2.39. The van der Waals surface area contributed by atoms with Crippen molar-refractivity contribution in [1.29, 1.82) is 0 Å². The van der Waals surface area contributed by atoms with Crippen LogP contribution in [-0.4, -0.2) is 8.07 Å². The quantitative estimate of drug-likeness (QED) is 0.535. The van der Waals surface area contributed by atoms with Gasteiger partial charge >= 0.3 is 0 Å². The van der Waals surface area contributed by atoms with Crippen molar-refractivity contribution in [3.05, 3.63) is 0 Å². The SMILES string of the molecule is CCCC(C[Si](C)(C)C)C(C)(C)CC. The van der Waals surface area contributed by atoms with Crippen molar-refractivity contribution < 1.29 is 0 Å². The van der Waals surface area contributed by atoms with Crippen LogP contribution in [0, 0.1) is 11.3 Å². The van der Waals surface area contributed by atoms with Crippen molar-refractivity contribution in [2.75, 3.05) is 0 Å². The van der Waals surface area contributed by atoms with Gasteiger partial charge in [-0.05, 0) is 11.3 Å². The lowest BCUT2D eigenvalue weighted by molar-refractivity contribution is 0.206. The number of hydrogen-bond donors (Lipinski definition) is 0. The minimum Gasteiger partial charge on any atom is -0.0695 e. The first-order chi connectivity index (χ1) is 6.23. The monoisotopic (exact) mass is 214 g/mol. The molecule has 0 saturated heterocycles. The van der Waals surface area contributed by atoms with Crippen LogP contribution in [0.15, 0.2) is 0 Å². The molecule has 86 valence electrons. The van der Waals surface area contributed by atoms with E-state index in [1.165, 1.54) is 25.3 Å². The molecule has 0 amide bonds. The fourth-order valence-corrected chi connectivity index (χ4v) is 4.38. The van der Waals surface area contributed by atoms with Gasteiger partial charge in [-0.1, -0.05) is 72.6 Å². The highest BCUT2D eigenvalue weighted by Gasteiger charge is 2.30. The summed E-state index contributed by atoms with van der Waals surface area (Å²) in [5.74, 6) is 0.948. The van der Waals surface area contributed by atoms with Crippen LogP contribution in [0.25, 0.3) is 0 Å². The molecule has 0 rings (SSSR count). The lowest BCUT2D eigenvalue weighted by Crippen LogP contribution is -2.32. The van der Waals surface area contributed by atoms with Gasteiger partial charge in [0.1, 0.15) is 0 Å². The van der Waals surface area contributed by atoms with Crippen LogP contribution >= 0.6 is 0 Å². The summed E-state index contributed by atoms with van der Waals surface area (Å²) in [7, 11) is -0.884. The number of rotatable bonds is 6. The maximum Gasteiger partial charge on any atom is 0.0445 e. The summed E-state index contributed by atoms with van der Waals surface area (Å²) in [5.41, 5.74) is 0.552. The van der Waals surface area contributed by atoms with Crippen LogP contribution in [0.4, 0.5) is 0 Å². The predicted molar refractivity (Wildman–Crippen MR) is 70.6 cm³/mol. The Kier molecular flexibility index (Phi) is 5.42. The molecule has 0 heterocycles. The molecule has 0 aromatic heterocycles. The first-order valence-corrected chi connectivity index (χ1v) is 9.93. The van der Waals surface area contributed by atoms with Crippen LogP contribution in [0.5, 0.6) is 0 Å². The third-order valence-electron chi connectivity index (χ3n) is 3.51. The largest absolute Gasteiger partial charge is 0.0695 e. The molecule has 0 N–H and O–H groups in total. The molecule has 0 spiro atoms. The average Bonchev–Trinajstić information content (AvgIpc) is 2.01. The second-order valence-electron chi connectivity index (χ2n) is 6.59. The molecule has 0 saturated carbocycles. The van der Waals surface area contributed by atoms with Crippen molar-refractivity contribution in [2.45, 2.75) is 72.6 Å². The fraction of sp³-hybridized carbons (Fsp3) is 1.00. The van der Waals surface area contributed by atoms with Crippen molar-refractivity contribution in [3.63, 3.8) is 0 Å². The van der Waals surface area contributed by atoms with Gasteiger partial charge in [0.15, 0.2) is 0 Å². The normalized spacial score (nSPS) is 15.6. The van der Waals surface area contributed by atoms with Gasteiger partial charge in [0.25, 0.3) is 0 Å². The molecular weight excluding hydrogens is 184 g/mol. The third-order valence-corrected chi connectivity index (χ3v) is 5.23. The molecule has 1 atom stereocenters. The van der Waals surface area contributed by atoms with Gasteiger partial charge < -0.3 is 0 Å². The summed E-state index contributed by atoms with van der Waals surface area (Å²) < 4.78 is 0. The van der Waals surface area contributed by atoms with Gasteiger partial charge in [-0.2, -0.15) is 0 Å². The summed E-state index contributed by atoms with van der Waals surface area (Å²) in [5, 5.41) is 0. The van der Waals surface area contributed by atoms with Gasteiger partial charge in [0.2, 0.25) is 0 Å². The maximum absolute atomic E-state index is 2.50. The van der Waals surface area contributed by atoms with Crippen molar-refractivity contribution >= 4 is 8.07 Å². The van der Waals surface area contributed by atoms with E-state index >= 15 is 0 Å². The van der Waals surface area contributed by atoms with Gasteiger partial charge in [0.05, 0.1) is 0 Å². The average molecular weight is 214 g/mol. The van der Waals surface area contributed by atoms with E-state index in [1.54, 1.807) is 0 Å². The van der Waals surface area contributed by atoms with E-state index in [0.717, 1.165) is 5.92 Å². The Hall–Kier alpha value is 0.217. The highest BCUT2D eigenvalue weighted by molar-refractivity contribution is 6.76. The van der Waals surface area contributed by atoms with Crippen LogP contribution in [0.1, 0.15) is 47.0 Å². The van der Waals surface area contributed by atoms with E-state index in [-0.39, 0.29) is 0 Å².